The Balaban J connectivity index is 2.46. The van der Waals surface area contributed by atoms with Crippen LogP contribution >= 0.6 is 15.9 Å². The average Bonchev–Trinajstić information content (AvgIpc) is 2.83. The number of aromatic nitrogens is 2. The summed E-state index contributed by atoms with van der Waals surface area (Å²) >= 11 is 3.41. The van der Waals surface area contributed by atoms with E-state index < -0.39 is 17.7 Å². The highest BCUT2D eigenvalue weighted by atomic mass is 79.9. The molecule has 0 radical (unpaired) electrons. The summed E-state index contributed by atoms with van der Waals surface area (Å²) in [5.41, 5.74) is 0.955. The van der Waals surface area contributed by atoms with E-state index >= 15 is 0 Å². The Bertz CT molecular complexity index is 618. The standard InChI is InChI=1S/C14H16BrF2N3O/c1-18-13(9-4-3-5-11(16)12(9)17)14-10(15)8-19-20(14)6-7-21-2/h3-5,8,13,18H,6-7H2,1-2H3. The highest BCUT2D eigenvalue weighted by Gasteiger charge is 2.24. The molecule has 1 heterocycles. The normalized spacial score (nSPS) is 12.6. The quantitative estimate of drug-likeness (QED) is 0.861. The molecule has 0 aliphatic carbocycles. The smallest absolute Gasteiger partial charge is 0.163 e. The van der Waals surface area contributed by atoms with Crippen LogP contribution in [-0.4, -0.2) is 30.5 Å². The van der Waals surface area contributed by atoms with Crippen LogP contribution in [0.1, 0.15) is 17.3 Å². The minimum absolute atomic E-state index is 0.234. The van der Waals surface area contributed by atoms with Gasteiger partial charge in [0.15, 0.2) is 11.6 Å². The number of nitrogens with one attached hydrogen (secondary N) is 1. The zero-order valence-corrected chi connectivity index (χ0v) is 13.3. The van der Waals surface area contributed by atoms with E-state index in [-0.39, 0.29) is 5.56 Å². The van der Waals surface area contributed by atoms with Crippen LogP contribution in [0, 0.1) is 11.6 Å². The van der Waals surface area contributed by atoms with Crippen LogP contribution in [-0.2, 0) is 11.3 Å². The van der Waals surface area contributed by atoms with E-state index in [0.717, 1.165) is 16.2 Å². The van der Waals surface area contributed by atoms with Crippen molar-refractivity contribution in [3.63, 3.8) is 0 Å². The fraction of sp³-hybridized carbons (Fsp3) is 0.357. The summed E-state index contributed by atoms with van der Waals surface area (Å²) < 4.78 is 35.0. The number of halogens is 3. The first-order chi connectivity index (χ1) is 10.1. The minimum atomic E-state index is -0.869. The molecule has 7 heteroatoms. The van der Waals surface area contributed by atoms with Gasteiger partial charge in [-0.3, -0.25) is 4.68 Å². The van der Waals surface area contributed by atoms with Gasteiger partial charge in [0.2, 0.25) is 0 Å². The molecule has 0 aliphatic rings. The number of hydrogen-bond acceptors (Lipinski definition) is 3. The molecule has 0 spiro atoms. The number of ether oxygens (including phenoxy) is 1. The predicted octanol–water partition coefficient (Wildman–Crippen LogP) is 2.88. The molecule has 4 nitrogen and oxygen atoms in total. The van der Waals surface area contributed by atoms with Crippen molar-refractivity contribution in [2.75, 3.05) is 20.8 Å². The van der Waals surface area contributed by atoms with Crippen LogP contribution in [0.5, 0.6) is 0 Å². The molecule has 0 bridgehead atoms. The second-order valence-electron chi connectivity index (χ2n) is 4.46. The van der Waals surface area contributed by atoms with Gasteiger partial charge < -0.3 is 10.1 Å². The van der Waals surface area contributed by atoms with Gasteiger partial charge in [0.25, 0.3) is 0 Å². The highest BCUT2D eigenvalue weighted by Crippen LogP contribution is 2.30. The molecular weight excluding hydrogens is 344 g/mol. The van der Waals surface area contributed by atoms with Crippen molar-refractivity contribution in [3.05, 3.63) is 51.8 Å². The molecule has 1 unspecified atom stereocenters. The van der Waals surface area contributed by atoms with Gasteiger partial charge in [0.05, 0.1) is 35.6 Å². The van der Waals surface area contributed by atoms with Gasteiger partial charge in [0.1, 0.15) is 0 Å². The van der Waals surface area contributed by atoms with E-state index in [1.807, 2.05) is 0 Å². The first-order valence-electron chi connectivity index (χ1n) is 6.41. The van der Waals surface area contributed by atoms with Gasteiger partial charge in [-0.2, -0.15) is 5.10 Å². The zero-order chi connectivity index (χ0) is 15.4. The minimum Gasteiger partial charge on any atom is -0.383 e. The molecule has 0 saturated heterocycles. The van der Waals surface area contributed by atoms with E-state index in [0.29, 0.717) is 13.2 Å². The summed E-state index contributed by atoms with van der Waals surface area (Å²) in [4.78, 5) is 0. The van der Waals surface area contributed by atoms with Crippen LogP contribution in [0.25, 0.3) is 0 Å². The molecule has 0 saturated carbocycles. The molecule has 114 valence electrons. The van der Waals surface area contributed by atoms with E-state index in [9.17, 15) is 8.78 Å². The fourth-order valence-corrected chi connectivity index (χ4v) is 2.72. The molecule has 2 rings (SSSR count). The van der Waals surface area contributed by atoms with Crippen molar-refractivity contribution in [2.24, 2.45) is 0 Å². The first kappa shape index (κ1) is 16.1. The van der Waals surface area contributed by atoms with Crippen LogP contribution in [0.2, 0.25) is 0 Å². The Morgan fingerprint density at radius 1 is 1.43 bits per heavy atom. The van der Waals surface area contributed by atoms with Gasteiger partial charge in [-0.1, -0.05) is 12.1 Å². The SMILES string of the molecule is CNC(c1cccc(F)c1F)c1c(Br)cnn1CCOC. The van der Waals surface area contributed by atoms with Gasteiger partial charge in [0, 0.05) is 12.7 Å². The summed E-state index contributed by atoms with van der Waals surface area (Å²) in [7, 11) is 3.29. The molecule has 1 atom stereocenters. The maximum Gasteiger partial charge on any atom is 0.163 e. The Morgan fingerprint density at radius 3 is 2.86 bits per heavy atom. The predicted molar refractivity (Wildman–Crippen MR) is 79.1 cm³/mol. The topological polar surface area (TPSA) is 39.1 Å². The maximum atomic E-state index is 14.1. The molecule has 1 aromatic carbocycles. The average molecular weight is 360 g/mol. The van der Waals surface area contributed by atoms with Crippen LogP contribution in [0.15, 0.2) is 28.9 Å². The van der Waals surface area contributed by atoms with Crippen LogP contribution < -0.4 is 5.32 Å². The summed E-state index contributed by atoms with van der Waals surface area (Å²) in [6.45, 7) is 0.996. The molecule has 1 aromatic heterocycles. The van der Waals surface area contributed by atoms with Gasteiger partial charge in [-0.15, -0.1) is 0 Å². The van der Waals surface area contributed by atoms with Gasteiger partial charge in [-0.05, 0) is 29.0 Å². The summed E-state index contributed by atoms with van der Waals surface area (Å²) in [6.07, 6.45) is 1.63. The number of nitrogens with zero attached hydrogens (tertiary/aromatic N) is 2. The van der Waals surface area contributed by atoms with E-state index in [1.54, 1.807) is 31.1 Å². The molecule has 21 heavy (non-hydrogen) atoms. The number of rotatable bonds is 6. The van der Waals surface area contributed by atoms with Gasteiger partial charge in [-0.25, -0.2) is 8.78 Å². The Kier molecular flexibility index (Phi) is 5.44. The lowest BCUT2D eigenvalue weighted by Crippen LogP contribution is -2.24. The molecular formula is C14H16BrF2N3O. The lowest BCUT2D eigenvalue weighted by atomic mass is 10.0. The summed E-state index contributed by atoms with van der Waals surface area (Å²) in [5.74, 6) is -1.73. The van der Waals surface area contributed by atoms with Crippen molar-refractivity contribution >= 4 is 15.9 Å². The highest BCUT2D eigenvalue weighted by molar-refractivity contribution is 9.10. The summed E-state index contributed by atoms with van der Waals surface area (Å²) in [6, 6.07) is 3.62. The lowest BCUT2D eigenvalue weighted by molar-refractivity contribution is 0.182. The zero-order valence-electron chi connectivity index (χ0n) is 11.7. The van der Waals surface area contributed by atoms with E-state index in [1.165, 1.54) is 6.07 Å². The van der Waals surface area contributed by atoms with Crippen molar-refractivity contribution in [1.82, 2.24) is 15.1 Å². The van der Waals surface area contributed by atoms with Crippen molar-refractivity contribution < 1.29 is 13.5 Å². The van der Waals surface area contributed by atoms with Crippen LogP contribution in [0.3, 0.4) is 0 Å². The number of methoxy groups -OCH3 is 1. The van der Waals surface area contributed by atoms with Crippen molar-refractivity contribution in [1.29, 1.82) is 0 Å². The monoisotopic (exact) mass is 359 g/mol. The number of benzene rings is 1. The Labute approximate surface area is 130 Å². The van der Waals surface area contributed by atoms with Crippen molar-refractivity contribution in [2.45, 2.75) is 12.6 Å². The first-order valence-corrected chi connectivity index (χ1v) is 7.20. The Hall–Kier alpha value is -1.31. The molecule has 1 N–H and O–H groups in total. The van der Waals surface area contributed by atoms with E-state index in [4.69, 9.17) is 4.74 Å². The molecule has 0 amide bonds. The Morgan fingerprint density at radius 2 is 2.19 bits per heavy atom. The summed E-state index contributed by atoms with van der Waals surface area (Å²) in [5, 5.41) is 7.24. The van der Waals surface area contributed by atoms with Gasteiger partial charge >= 0.3 is 0 Å². The molecule has 0 fully saturated rings. The molecule has 2 aromatic rings. The number of hydrogen-bond donors (Lipinski definition) is 1. The van der Waals surface area contributed by atoms with E-state index in [2.05, 4.69) is 26.3 Å². The van der Waals surface area contributed by atoms with Crippen LogP contribution in [0.4, 0.5) is 8.78 Å². The second kappa shape index (κ2) is 7.11. The second-order valence-corrected chi connectivity index (χ2v) is 5.31. The fourth-order valence-electron chi connectivity index (χ4n) is 2.20. The third-order valence-electron chi connectivity index (χ3n) is 3.20. The maximum absolute atomic E-state index is 14.1. The molecule has 0 aliphatic heterocycles. The van der Waals surface area contributed by atoms with Crippen molar-refractivity contribution in [3.8, 4) is 0 Å². The lowest BCUT2D eigenvalue weighted by Gasteiger charge is -2.20. The third kappa shape index (κ3) is 3.30. The largest absolute Gasteiger partial charge is 0.383 e. The third-order valence-corrected chi connectivity index (χ3v) is 3.81.